The molecule has 0 aliphatic rings. The molecule has 0 radical (unpaired) electrons. The van der Waals surface area contributed by atoms with Gasteiger partial charge in [0, 0.05) is 20.4 Å². The third-order valence-corrected chi connectivity index (χ3v) is 6.90. The van der Waals surface area contributed by atoms with Gasteiger partial charge in [-0.3, -0.25) is 4.79 Å². The maximum absolute atomic E-state index is 13.4. The Morgan fingerprint density at radius 3 is 2.57 bits per heavy atom. The van der Waals surface area contributed by atoms with E-state index in [1.165, 1.54) is 4.68 Å². The fourth-order valence-corrected chi connectivity index (χ4v) is 4.34. The molecule has 0 aliphatic heterocycles. The second-order valence-electron chi connectivity index (χ2n) is 8.10. The average molecular weight is 599 g/mol. The number of rotatable bonds is 8. The molecule has 35 heavy (non-hydrogen) atoms. The van der Waals surface area contributed by atoms with Crippen LogP contribution in [0.25, 0.3) is 10.9 Å². The minimum Gasteiger partial charge on any atom is -0.493 e. The number of halogens is 2. The first-order valence-corrected chi connectivity index (χ1v) is 12.8. The molecule has 0 fully saturated rings. The lowest BCUT2D eigenvalue weighted by Crippen LogP contribution is -2.23. The molecule has 0 saturated carbocycles. The summed E-state index contributed by atoms with van der Waals surface area (Å²) in [6.45, 7) is 4.52. The van der Waals surface area contributed by atoms with Crippen molar-refractivity contribution in [2.45, 2.75) is 32.8 Å². The van der Waals surface area contributed by atoms with Gasteiger partial charge in [-0.15, -0.1) is 0 Å². The molecule has 0 unspecified atom stereocenters. The molecule has 0 saturated heterocycles. The number of benzene rings is 3. The van der Waals surface area contributed by atoms with Crippen LogP contribution in [0.4, 0.5) is 0 Å². The third kappa shape index (κ3) is 5.65. The SMILES string of the molecule is CC[C@@H](C)c1nc2ccc(Br)cc2c(=O)n1N=Cc1cc(OC)c(OCc2ccccc2)cc1Br. The topological polar surface area (TPSA) is 65.7 Å². The number of methoxy groups -OCH3 is 1. The monoisotopic (exact) mass is 597 g/mol. The Morgan fingerprint density at radius 2 is 1.86 bits per heavy atom. The van der Waals surface area contributed by atoms with Gasteiger partial charge in [0.25, 0.3) is 5.56 Å². The molecule has 0 aliphatic carbocycles. The Morgan fingerprint density at radius 1 is 1.09 bits per heavy atom. The fraction of sp³-hybridized carbons (Fsp3) is 0.222. The van der Waals surface area contributed by atoms with Crippen molar-refractivity contribution in [3.05, 3.63) is 96.9 Å². The lowest BCUT2D eigenvalue weighted by molar-refractivity contribution is 0.284. The van der Waals surface area contributed by atoms with E-state index < -0.39 is 0 Å². The second-order valence-corrected chi connectivity index (χ2v) is 9.87. The molecule has 0 N–H and O–H groups in total. The van der Waals surface area contributed by atoms with E-state index in [1.807, 2.05) is 61.5 Å². The minimum atomic E-state index is -0.214. The first kappa shape index (κ1) is 25.1. The van der Waals surface area contributed by atoms with E-state index >= 15 is 0 Å². The van der Waals surface area contributed by atoms with Crippen LogP contribution in [-0.2, 0) is 6.61 Å². The lowest BCUT2D eigenvalue weighted by Gasteiger charge is -2.15. The molecule has 4 rings (SSSR count). The second kappa shape index (κ2) is 11.2. The van der Waals surface area contributed by atoms with Gasteiger partial charge in [-0.2, -0.15) is 9.78 Å². The van der Waals surface area contributed by atoms with E-state index in [0.29, 0.717) is 34.8 Å². The molecule has 0 spiro atoms. The van der Waals surface area contributed by atoms with Gasteiger partial charge in [0.1, 0.15) is 12.4 Å². The van der Waals surface area contributed by atoms with Crippen molar-refractivity contribution < 1.29 is 9.47 Å². The van der Waals surface area contributed by atoms with E-state index in [0.717, 1.165) is 26.5 Å². The molecule has 1 aromatic heterocycles. The van der Waals surface area contributed by atoms with Crippen molar-refractivity contribution in [2.24, 2.45) is 5.10 Å². The van der Waals surface area contributed by atoms with Crippen LogP contribution in [0, 0.1) is 0 Å². The summed E-state index contributed by atoms with van der Waals surface area (Å²) in [7, 11) is 1.59. The Hall–Kier alpha value is -2.97. The van der Waals surface area contributed by atoms with Gasteiger partial charge in [0.15, 0.2) is 11.5 Å². The number of fused-ring (bicyclic) bond motifs is 1. The summed E-state index contributed by atoms with van der Waals surface area (Å²) < 4.78 is 14.5. The van der Waals surface area contributed by atoms with Crippen LogP contribution in [0.2, 0.25) is 0 Å². The maximum atomic E-state index is 13.4. The molecule has 6 nitrogen and oxygen atoms in total. The molecule has 3 aromatic carbocycles. The van der Waals surface area contributed by atoms with E-state index in [1.54, 1.807) is 19.4 Å². The third-order valence-electron chi connectivity index (χ3n) is 5.72. The summed E-state index contributed by atoms with van der Waals surface area (Å²) in [6.07, 6.45) is 2.46. The number of hydrogen-bond donors (Lipinski definition) is 0. The highest BCUT2D eigenvalue weighted by Crippen LogP contribution is 2.33. The van der Waals surface area contributed by atoms with Crippen LogP contribution < -0.4 is 15.0 Å². The molecule has 8 heteroatoms. The lowest BCUT2D eigenvalue weighted by atomic mass is 10.1. The zero-order chi connectivity index (χ0) is 24.9. The van der Waals surface area contributed by atoms with Crippen LogP contribution in [-0.4, -0.2) is 23.0 Å². The van der Waals surface area contributed by atoms with Gasteiger partial charge in [-0.05, 0) is 58.2 Å². The van der Waals surface area contributed by atoms with Crippen LogP contribution in [0.5, 0.6) is 11.5 Å². The van der Waals surface area contributed by atoms with Crippen LogP contribution in [0.1, 0.15) is 43.1 Å². The fourth-order valence-electron chi connectivity index (χ4n) is 3.56. The number of ether oxygens (including phenoxy) is 2. The summed E-state index contributed by atoms with van der Waals surface area (Å²) in [5.41, 5.74) is 2.24. The predicted molar refractivity (Wildman–Crippen MR) is 147 cm³/mol. The van der Waals surface area contributed by atoms with E-state index in [9.17, 15) is 4.79 Å². The van der Waals surface area contributed by atoms with Crippen molar-refractivity contribution in [3.8, 4) is 11.5 Å². The van der Waals surface area contributed by atoms with Crippen LogP contribution in [0.15, 0.2) is 79.5 Å². The summed E-state index contributed by atoms with van der Waals surface area (Å²) in [4.78, 5) is 18.1. The minimum absolute atomic E-state index is 0.0552. The van der Waals surface area contributed by atoms with Crippen molar-refractivity contribution in [1.29, 1.82) is 0 Å². The highest BCUT2D eigenvalue weighted by molar-refractivity contribution is 9.10. The highest BCUT2D eigenvalue weighted by atomic mass is 79.9. The molecule has 0 bridgehead atoms. The Kier molecular flexibility index (Phi) is 8.03. The number of aromatic nitrogens is 2. The van der Waals surface area contributed by atoms with Crippen molar-refractivity contribution in [1.82, 2.24) is 9.66 Å². The standard InChI is InChI=1S/C27H25Br2N3O3/c1-4-17(2)26-31-23-11-10-20(28)13-21(23)27(33)32(26)30-15-19-12-24(34-3)25(14-22(19)29)35-16-18-8-6-5-7-9-18/h5-15,17H,4,16H2,1-3H3/t17-/m1/s1. The Bertz CT molecular complexity index is 1440. The quantitative estimate of drug-likeness (QED) is 0.207. The number of hydrogen-bond acceptors (Lipinski definition) is 5. The van der Waals surface area contributed by atoms with Crippen molar-refractivity contribution >= 4 is 49.0 Å². The van der Waals surface area contributed by atoms with E-state index in [2.05, 4.69) is 43.9 Å². The van der Waals surface area contributed by atoms with Gasteiger partial charge in [-0.1, -0.05) is 60.1 Å². The first-order valence-electron chi connectivity index (χ1n) is 11.2. The average Bonchev–Trinajstić information content (AvgIpc) is 2.88. The van der Waals surface area contributed by atoms with Crippen LogP contribution >= 0.6 is 31.9 Å². The largest absolute Gasteiger partial charge is 0.493 e. The van der Waals surface area contributed by atoms with Gasteiger partial charge in [0.2, 0.25) is 0 Å². The van der Waals surface area contributed by atoms with Gasteiger partial charge < -0.3 is 9.47 Å². The van der Waals surface area contributed by atoms with Gasteiger partial charge in [0.05, 0.1) is 24.2 Å². The molecule has 0 amide bonds. The molecular weight excluding hydrogens is 574 g/mol. The van der Waals surface area contributed by atoms with Gasteiger partial charge >= 0.3 is 0 Å². The summed E-state index contributed by atoms with van der Waals surface area (Å²) in [5, 5.41) is 5.06. The Balaban J connectivity index is 1.71. The predicted octanol–water partition coefficient (Wildman–Crippen LogP) is 6.90. The zero-order valence-electron chi connectivity index (χ0n) is 19.7. The highest BCUT2D eigenvalue weighted by Gasteiger charge is 2.16. The van der Waals surface area contributed by atoms with Crippen molar-refractivity contribution in [2.75, 3.05) is 7.11 Å². The summed E-state index contributed by atoms with van der Waals surface area (Å²) >= 11 is 7.04. The molecule has 1 heterocycles. The zero-order valence-corrected chi connectivity index (χ0v) is 22.8. The van der Waals surface area contributed by atoms with E-state index in [-0.39, 0.29) is 11.5 Å². The van der Waals surface area contributed by atoms with Crippen LogP contribution in [0.3, 0.4) is 0 Å². The van der Waals surface area contributed by atoms with E-state index in [4.69, 9.17) is 14.5 Å². The van der Waals surface area contributed by atoms with Crippen molar-refractivity contribution in [3.63, 3.8) is 0 Å². The summed E-state index contributed by atoms with van der Waals surface area (Å²) in [5.74, 6) is 1.85. The summed E-state index contributed by atoms with van der Waals surface area (Å²) in [6, 6.07) is 19.1. The smallest absolute Gasteiger partial charge is 0.282 e. The van der Waals surface area contributed by atoms with Gasteiger partial charge in [-0.25, -0.2) is 4.98 Å². The maximum Gasteiger partial charge on any atom is 0.282 e. The molecule has 1 atom stereocenters. The number of nitrogens with zero attached hydrogens (tertiary/aromatic N) is 3. The normalized spacial score (nSPS) is 12.3. The molecular formula is C27H25Br2N3O3. The first-order chi connectivity index (χ1) is 16.9. The molecule has 4 aromatic rings. The molecule has 180 valence electrons. The Labute approximate surface area is 220 Å².